The minimum atomic E-state index is -0.334. The fraction of sp³-hybridized carbons (Fsp3) is 0.724. The van der Waals surface area contributed by atoms with Crippen LogP contribution < -0.4 is 5.32 Å². The van der Waals surface area contributed by atoms with E-state index in [2.05, 4.69) is 22.9 Å². The van der Waals surface area contributed by atoms with Gasteiger partial charge in [0.15, 0.2) is 0 Å². The second-order valence-electron chi connectivity index (χ2n) is 9.77. The first-order valence-electron chi connectivity index (χ1n) is 14.0. The summed E-state index contributed by atoms with van der Waals surface area (Å²) < 4.78 is 8.28. The Kier molecular flexibility index (Phi) is 18.9. The number of carbonyl (C=O) groups is 2. The minimum Gasteiger partial charge on any atom is -0.427 e. The molecule has 1 amide bonds. The molecule has 0 aliphatic heterocycles. The normalized spacial score (nSPS) is 15.9. The van der Waals surface area contributed by atoms with Crippen molar-refractivity contribution in [2.45, 2.75) is 128 Å². The molecule has 1 aliphatic carbocycles. The van der Waals surface area contributed by atoms with Gasteiger partial charge in [-0.2, -0.15) is 0 Å². The number of esters is 1. The van der Waals surface area contributed by atoms with E-state index in [-0.39, 0.29) is 29.5 Å². The van der Waals surface area contributed by atoms with Gasteiger partial charge in [0.1, 0.15) is 5.76 Å². The van der Waals surface area contributed by atoms with E-state index < -0.39 is 0 Å². The second kappa shape index (κ2) is 21.2. The Labute approximate surface area is 223 Å². The van der Waals surface area contributed by atoms with Crippen LogP contribution in [0.2, 0.25) is 0 Å². The summed E-state index contributed by atoms with van der Waals surface area (Å²) in [7, 11) is 0. The van der Waals surface area contributed by atoms with Crippen LogP contribution in [0.3, 0.4) is 0 Å². The van der Waals surface area contributed by atoms with Gasteiger partial charge in [-0.1, -0.05) is 89.4 Å². The Morgan fingerprint density at radius 3 is 2.33 bits per heavy atom. The number of nitrogens with zero attached hydrogens (tertiary/aromatic N) is 1. The lowest BCUT2D eigenvalue weighted by atomic mass is 9.88. The van der Waals surface area contributed by atoms with Gasteiger partial charge in [0.05, 0.1) is 4.75 Å². The van der Waals surface area contributed by atoms with Crippen molar-refractivity contribution >= 4 is 23.8 Å². The molecule has 1 aliphatic rings. The molecule has 36 heavy (non-hydrogen) atoms. The lowest BCUT2D eigenvalue weighted by Crippen LogP contribution is -2.41. The number of ether oxygens (including phenoxy) is 1. The monoisotopic (exact) mass is 520 g/mol. The number of carbonyl (C=O) groups excluding carboxylic acids is 2. The summed E-state index contributed by atoms with van der Waals surface area (Å²) in [6.45, 7) is 4.61. The van der Waals surface area contributed by atoms with Gasteiger partial charge >= 0.3 is 5.97 Å². The minimum absolute atomic E-state index is 0.103. The molecule has 0 spiro atoms. The van der Waals surface area contributed by atoms with Gasteiger partial charge in [-0.3, -0.25) is 9.59 Å². The molecule has 1 N–H and O–H groups in total. The molecule has 0 aromatic heterocycles. The van der Waals surface area contributed by atoms with E-state index in [1.807, 2.05) is 25.2 Å². The lowest BCUT2D eigenvalue weighted by Gasteiger charge is -2.33. The lowest BCUT2D eigenvalue weighted by molar-refractivity contribution is -0.139. The average Bonchev–Trinajstić information content (AvgIpc) is 2.87. The van der Waals surface area contributed by atoms with Crippen LogP contribution in [-0.2, 0) is 14.3 Å². The number of nitrogens with one attached hydrogen (secondary N) is 1. The van der Waals surface area contributed by atoms with Crippen LogP contribution in [0.1, 0.15) is 123 Å². The van der Waals surface area contributed by atoms with Gasteiger partial charge in [-0.05, 0) is 51.2 Å². The van der Waals surface area contributed by atoms with Gasteiger partial charge in [0, 0.05) is 35.9 Å². The molecule has 1 rings (SSSR count). The molecular formula is C29H48N2O4S. The molecule has 6 nitrogen and oxygen atoms in total. The van der Waals surface area contributed by atoms with E-state index >= 15 is 0 Å². The van der Waals surface area contributed by atoms with E-state index in [9.17, 15) is 14.5 Å². The Morgan fingerprint density at radius 1 is 0.972 bits per heavy atom. The average molecular weight is 521 g/mol. The summed E-state index contributed by atoms with van der Waals surface area (Å²) in [4.78, 5) is 35.4. The molecule has 0 radical (unpaired) electrons. The van der Waals surface area contributed by atoms with Crippen LogP contribution in [0.5, 0.6) is 0 Å². The first-order valence-corrected chi connectivity index (χ1v) is 14.8. The van der Waals surface area contributed by atoms with Crippen LogP contribution in [-0.4, -0.2) is 23.2 Å². The number of amides is 1. The maximum atomic E-state index is 12.3. The SMILES string of the molecule is C/C=C/C=C(/C=C/CCCCCCCCCC)OC(=O)CCCC(=O)NCC1(SN=O)CCCCC1. The van der Waals surface area contributed by atoms with Crippen molar-refractivity contribution in [3.63, 3.8) is 0 Å². The van der Waals surface area contributed by atoms with Crippen molar-refractivity contribution < 1.29 is 14.3 Å². The van der Waals surface area contributed by atoms with Crippen molar-refractivity contribution in [1.82, 2.24) is 5.32 Å². The van der Waals surface area contributed by atoms with E-state index in [0.29, 0.717) is 18.7 Å². The summed E-state index contributed by atoms with van der Waals surface area (Å²) >= 11 is 1.06. The van der Waals surface area contributed by atoms with Crippen molar-refractivity contribution in [2.75, 3.05) is 6.54 Å². The summed E-state index contributed by atoms with van der Waals surface area (Å²) in [5.41, 5.74) is 0. The van der Waals surface area contributed by atoms with Gasteiger partial charge < -0.3 is 10.1 Å². The predicted octanol–water partition coefficient (Wildman–Crippen LogP) is 8.48. The van der Waals surface area contributed by atoms with E-state index in [4.69, 9.17) is 4.74 Å². The van der Waals surface area contributed by atoms with Crippen LogP contribution >= 0.6 is 11.9 Å². The first kappa shape index (κ1) is 32.1. The van der Waals surface area contributed by atoms with Crippen molar-refractivity contribution in [3.8, 4) is 0 Å². The zero-order valence-corrected chi connectivity index (χ0v) is 23.4. The molecular weight excluding hydrogens is 472 g/mol. The highest BCUT2D eigenvalue weighted by atomic mass is 32.2. The summed E-state index contributed by atoms with van der Waals surface area (Å²) in [5, 5.41) is 2.94. The third-order valence-corrected chi connectivity index (χ3v) is 7.59. The maximum absolute atomic E-state index is 12.3. The first-order chi connectivity index (χ1) is 17.5. The summed E-state index contributed by atoms with van der Waals surface area (Å²) in [6, 6.07) is 0. The summed E-state index contributed by atoms with van der Waals surface area (Å²) in [6.07, 6.45) is 26.7. The third-order valence-electron chi connectivity index (χ3n) is 6.58. The molecule has 1 saturated carbocycles. The molecule has 204 valence electrons. The molecule has 0 heterocycles. The van der Waals surface area contributed by atoms with Gasteiger partial charge in [-0.15, -0.1) is 4.91 Å². The van der Waals surface area contributed by atoms with Crippen molar-refractivity contribution in [2.24, 2.45) is 4.58 Å². The molecule has 0 atom stereocenters. The molecule has 0 aromatic rings. The van der Waals surface area contributed by atoms with Crippen LogP contribution in [0.15, 0.2) is 40.7 Å². The molecule has 7 heteroatoms. The molecule has 0 saturated heterocycles. The number of allylic oxidation sites excluding steroid dienone is 5. The van der Waals surface area contributed by atoms with Crippen LogP contribution in [0.4, 0.5) is 0 Å². The van der Waals surface area contributed by atoms with Crippen molar-refractivity contribution in [1.29, 1.82) is 0 Å². The van der Waals surface area contributed by atoms with Gasteiger partial charge in [0.25, 0.3) is 0 Å². The fourth-order valence-electron chi connectivity index (χ4n) is 4.41. The van der Waals surface area contributed by atoms with E-state index in [1.54, 1.807) is 6.08 Å². The fourth-order valence-corrected chi connectivity index (χ4v) is 5.18. The molecule has 0 bridgehead atoms. The number of hydrogen-bond acceptors (Lipinski definition) is 6. The predicted molar refractivity (Wildman–Crippen MR) is 151 cm³/mol. The zero-order valence-electron chi connectivity index (χ0n) is 22.6. The number of nitroso groups, excluding NO2 is 1. The molecule has 0 aromatic carbocycles. The highest BCUT2D eigenvalue weighted by Crippen LogP contribution is 2.39. The van der Waals surface area contributed by atoms with Gasteiger partial charge in [-0.25, -0.2) is 0 Å². The van der Waals surface area contributed by atoms with E-state index in [1.165, 1.54) is 44.9 Å². The standard InChI is InChI=1S/C29H48N2O4S/c1-3-5-7-8-9-10-11-12-13-15-20-26(19-6-4-2)35-28(33)22-18-21-27(32)30-25-29(36-31-34)23-16-14-17-24-29/h4,6,15,19-20H,3,5,7-14,16-18,21-25H2,1-2H3,(H,30,32)/b6-4+,20-15+,26-19-. The Hall–Kier alpha value is -1.89. The Morgan fingerprint density at radius 2 is 1.67 bits per heavy atom. The highest BCUT2D eigenvalue weighted by molar-refractivity contribution is 7.99. The largest absolute Gasteiger partial charge is 0.427 e. The second-order valence-corrected chi connectivity index (χ2v) is 11.0. The number of rotatable bonds is 20. The Bertz CT molecular complexity index is 712. The summed E-state index contributed by atoms with van der Waals surface area (Å²) in [5.74, 6) is 0.0914. The maximum Gasteiger partial charge on any atom is 0.311 e. The van der Waals surface area contributed by atoms with Crippen LogP contribution in [0.25, 0.3) is 0 Å². The van der Waals surface area contributed by atoms with Crippen LogP contribution in [0, 0.1) is 4.91 Å². The number of unbranched alkanes of at least 4 members (excludes halogenated alkanes) is 8. The smallest absolute Gasteiger partial charge is 0.311 e. The van der Waals surface area contributed by atoms with E-state index in [0.717, 1.165) is 56.9 Å². The Balaban J connectivity index is 2.29. The molecule has 1 fully saturated rings. The number of hydrogen-bond donors (Lipinski definition) is 1. The quantitative estimate of drug-likeness (QED) is 0.0434. The molecule has 0 unspecified atom stereocenters. The highest BCUT2D eigenvalue weighted by Gasteiger charge is 2.34. The van der Waals surface area contributed by atoms with Crippen molar-refractivity contribution in [3.05, 3.63) is 41.0 Å². The van der Waals surface area contributed by atoms with Gasteiger partial charge in [0.2, 0.25) is 5.91 Å². The zero-order chi connectivity index (χ0) is 26.3. The topological polar surface area (TPSA) is 84.8 Å². The third kappa shape index (κ3) is 16.0.